The molecule has 2 rings (SSSR count). The molecule has 1 saturated heterocycles. The summed E-state index contributed by atoms with van der Waals surface area (Å²) < 4.78 is 16.0. The maximum absolute atomic E-state index is 9.89. The maximum atomic E-state index is 9.89. The van der Waals surface area contributed by atoms with Gasteiger partial charge in [0.1, 0.15) is 30.2 Å². The van der Waals surface area contributed by atoms with Crippen LogP contribution in [0.5, 0.6) is 5.75 Å². The van der Waals surface area contributed by atoms with Crippen LogP contribution in [0.4, 0.5) is 0 Å². The molecule has 1 aliphatic heterocycles. The zero-order valence-corrected chi connectivity index (χ0v) is 12.3. The Morgan fingerprint density at radius 1 is 1.05 bits per heavy atom. The van der Waals surface area contributed by atoms with Crippen molar-refractivity contribution in [1.29, 1.82) is 0 Å². The number of hydrogen-bond acceptors (Lipinski definition) is 7. The van der Waals surface area contributed by atoms with E-state index in [-0.39, 0.29) is 0 Å². The van der Waals surface area contributed by atoms with Gasteiger partial charge in [-0.15, -0.1) is 0 Å². The van der Waals surface area contributed by atoms with E-state index >= 15 is 0 Å². The summed E-state index contributed by atoms with van der Waals surface area (Å²) in [4.78, 5) is 0. The fourth-order valence-electron chi connectivity index (χ4n) is 2.18. The molecule has 7 nitrogen and oxygen atoms in total. The minimum absolute atomic E-state index is 0.435. The van der Waals surface area contributed by atoms with Gasteiger partial charge in [0.05, 0.1) is 13.2 Å². The van der Waals surface area contributed by atoms with Gasteiger partial charge in [-0.05, 0) is 24.6 Å². The van der Waals surface area contributed by atoms with Crippen LogP contribution >= 0.6 is 0 Å². The SMILES string of the molecule is CCOCc1ccc(O[C@@H]2O[C@H](CO)[C@@H](O)[C@H](O)[C@H]2O)cc1. The van der Waals surface area contributed by atoms with Crippen molar-refractivity contribution in [2.24, 2.45) is 0 Å². The predicted molar refractivity (Wildman–Crippen MR) is 76.2 cm³/mol. The summed E-state index contributed by atoms with van der Waals surface area (Å²) in [5.74, 6) is 0.435. The van der Waals surface area contributed by atoms with Crippen molar-refractivity contribution in [1.82, 2.24) is 0 Å². The van der Waals surface area contributed by atoms with Crippen molar-refractivity contribution in [3.05, 3.63) is 29.8 Å². The molecule has 0 saturated carbocycles. The molecule has 0 aromatic heterocycles. The molecule has 124 valence electrons. The van der Waals surface area contributed by atoms with Crippen molar-refractivity contribution in [3.63, 3.8) is 0 Å². The Bertz CT molecular complexity index is 448. The Labute approximate surface area is 128 Å². The summed E-state index contributed by atoms with van der Waals surface area (Å²) in [6.07, 6.45) is -6.42. The zero-order chi connectivity index (χ0) is 16.1. The van der Waals surface area contributed by atoms with Gasteiger partial charge in [0.2, 0.25) is 6.29 Å². The first-order valence-corrected chi connectivity index (χ1v) is 7.20. The van der Waals surface area contributed by atoms with E-state index in [0.29, 0.717) is 19.0 Å². The molecular formula is C15H22O7. The van der Waals surface area contributed by atoms with Gasteiger partial charge in [0, 0.05) is 6.61 Å². The molecular weight excluding hydrogens is 292 g/mol. The minimum atomic E-state index is -1.45. The van der Waals surface area contributed by atoms with Gasteiger partial charge in [0.15, 0.2) is 0 Å². The Kier molecular flexibility index (Phi) is 6.13. The lowest BCUT2D eigenvalue weighted by molar-refractivity contribution is -0.277. The highest BCUT2D eigenvalue weighted by atomic mass is 16.7. The monoisotopic (exact) mass is 314 g/mol. The second-order valence-corrected chi connectivity index (χ2v) is 5.10. The summed E-state index contributed by atoms with van der Waals surface area (Å²) in [5, 5.41) is 38.4. The lowest BCUT2D eigenvalue weighted by atomic mass is 9.99. The largest absolute Gasteiger partial charge is 0.462 e. The minimum Gasteiger partial charge on any atom is -0.462 e. The third-order valence-electron chi connectivity index (χ3n) is 3.50. The Morgan fingerprint density at radius 2 is 1.73 bits per heavy atom. The van der Waals surface area contributed by atoms with Crippen molar-refractivity contribution in [3.8, 4) is 5.75 Å². The standard InChI is InChI=1S/C15H22O7/c1-2-20-8-9-3-5-10(6-4-9)21-15-14(19)13(18)12(17)11(7-16)22-15/h3-6,11-19H,2,7-8H2,1H3/t11-,12-,13+,14-,15-/m1/s1. The molecule has 1 aliphatic rings. The summed E-state index contributed by atoms with van der Waals surface area (Å²) in [6.45, 7) is 2.55. The zero-order valence-electron chi connectivity index (χ0n) is 12.3. The molecule has 0 aliphatic carbocycles. The molecule has 1 heterocycles. The number of benzene rings is 1. The van der Waals surface area contributed by atoms with E-state index in [9.17, 15) is 15.3 Å². The molecule has 1 fully saturated rings. The first-order chi connectivity index (χ1) is 10.6. The smallest absolute Gasteiger partial charge is 0.229 e. The van der Waals surface area contributed by atoms with Gasteiger partial charge in [-0.2, -0.15) is 0 Å². The highest BCUT2D eigenvalue weighted by Gasteiger charge is 2.44. The second-order valence-electron chi connectivity index (χ2n) is 5.10. The molecule has 0 radical (unpaired) electrons. The van der Waals surface area contributed by atoms with E-state index in [2.05, 4.69) is 0 Å². The topological polar surface area (TPSA) is 109 Å². The normalized spacial score (nSPS) is 32.0. The quantitative estimate of drug-likeness (QED) is 0.555. The van der Waals surface area contributed by atoms with Crippen molar-refractivity contribution < 1.29 is 34.6 Å². The number of ether oxygens (including phenoxy) is 3. The second kappa shape index (κ2) is 7.87. The lowest BCUT2D eigenvalue weighted by Gasteiger charge is -2.39. The highest BCUT2D eigenvalue weighted by Crippen LogP contribution is 2.24. The van der Waals surface area contributed by atoms with E-state index in [0.717, 1.165) is 5.56 Å². The Hall–Kier alpha value is -1.22. The lowest BCUT2D eigenvalue weighted by Crippen LogP contribution is -2.60. The molecule has 1 aromatic rings. The van der Waals surface area contributed by atoms with Crippen LogP contribution < -0.4 is 4.74 Å². The fourth-order valence-corrected chi connectivity index (χ4v) is 2.18. The van der Waals surface area contributed by atoms with Crippen LogP contribution in [0.2, 0.25) is 0 Å². The average Bonchev–Trinajstić information content (AvgIpc) is 2.54. The van der Waals surface area contributed by atoms with Gasteiger partial charge < -0.3 is 34.6 Å². The molecule has 0 unspecified atom stereocenters. The van der Waals surface area contributed by atoms with Crippen LogP contribution in [0.15, 0.2) is 24.3 Å². The molecule has 5 atom stereocenters. The summed E-state index contributed by atoms with van der Waals surface area (Å²) in [6, 6.07) is 7.01. The van der Waals surface area contributed by atoms with Crippen molar-refractivity contribution >= 4 is 0 Å². The number of hydrogen-bond donors (Lipinski definition) is 4. The molecule has 4 N–H and O–H groups in total. The summed E-state index contributed by atoms with van der Waals surface area (Å²) in [5.41, 5.74) is 0.975. The third kappa shape index (κ3) is 3.95. The molecule has 0 bridgehead atoms. The van der Waals surface area contributed by atoms with E-state index in [1.165, 1.54) is 0 Å². The van der Waals surface area contributed by atoms with Crippen molar-refractivity contribution in [2.45, 2.75) is 44.2 Å². The van der Waals surface area contributed by atoms with E-state index < -0.39 is 37.3 Å². The first kappa shape index (κ1) is 17.1. The number of aliphatic hydroxyl groups is 4. The number of aliphatic hydroxyl groups excluding tert-OH is 4. The van der Waals surface area contributed by atoms with Gasteiger partial charge in [-0.3, -0.25) is 0 Å². The summed E-state index contributed by atoms with van der Waals surface area (Å²) >= 11 is 0. The maximum Gasteiger partial charge on any atom is 0.229 e. The molecule has 22 heavy (non-hydrogen) atoms. The fraction of sp³-hybridized carbons (Fsp3) is 0.600. The van der Waals surface area contributed by atoms with Crippen molar-refractivity contribution in [2.75, 3.05) is 13.2 Å². The predicted octanol–water partition coefficient (Wildman–Crippen LogP) is -0.598. The van der Waals surface area contributed by atoms with Crippen LogP contribution in [0, 0.1) is 0 Å². The van der Waals surface area contributed by atoms with Crippen LogP contribution in [-0.4, -0.2) is 64.3 Å². The van der Waals surface area contributed by atoms with Crippen LogP contribution in [0.3, 0.4) is 0 Å². The van der Waals surface area contributed by atoms with Crippen LogP contribution in [-0.2, 0) is 16.1 Å². The van der Waals surface area contributed by atoms with Gasteiger partial charge in [-0.25, -0.2) is 0 Å². The highest BCUT2D eigenvalue weighted by molar-refractivity contribution is 5.27. The Morgan fingerprint density at radius 3 is 2.32 bits per heavy atom. The molecule has 0 spiro atoms. The van der Waals surface area contributed by atoms with Gasteiger partial charge in [-0.1, -0.05) is 12.1 Å². The molecule has 1 aromatic carbocycles. The van der Waals surface area contributed by atoms with E-state index in [1.54, 1.807) is 12.1 Å². The van der Waals surface area contributed by atoms with E-state index in [1.807, 2.05) is 19.1 Å². The van der Waals surface area contributed by atoms with Gasteiger partial charge >= 0.3 is 0 Å². The first-order valence-electron chi connectivity index (χ1n) is 7.20. The summed E-state index contributed by atoms with van der Waals surface area (Å²) in [7, 11) is 0. The number of rotatable bonds is 6. The van der Waals surface area contributed by atoms with Crippen LogP contribution in [0.1, 0.15) is 12.5 Å². The average molecular weight is 314 g/mol. The Balaban J connectivity index is 1.99. The third-order valence-corrected chi connectivity index (χ3v) is 3.50. The van der Waals surface area contributed by atoms with Crippen LogP contribution in [0.25, 0.3) is 0 Å². The molecule has 0 amide bonds. The van der Waals surface area contributed by atoms with Gasteiger partial charge in [0.25, 0.3) is 0 Å². The molecule has 7 heteroatoms. The van der Waals surface area contributed by atoms with E-state index in [4.69, 9.17) is 19.3 Å².